The third-order valence-corrected chi connectivity index (χ3v) is 6.78. The largest absolute Gasteiger partial charge is 0.336 e. The molecule has 0 atom stereocenters. The monoisotopic (exact) mass is 450 g/mol. The number of rotatable bonds is 5. The Labute approximate surface area is 183 Å². The van der Waals surface area contributed by atoms with Gasteiger partial charge in [-0.2, -0.15) is 0 Å². The highest BCUT2D eigenvalue weighted by Gasteiger charge is 2.24. The lowest BCUT2D eigenvalue weighted by Gasteiger charge is -2.14. The van der Waals surface area contributed by atoms with Gasteiger partial charge in [-0.25, -0.2) is 12.8 Å². The Kier molecular flexibility index (Phi) is 5.63. The Morgan fingerprint density at radius 2 is 1.62 bits per heavy atom. The smallest absolute Gasteiger partial charge is 0.244 e. The molecule has 3 aromatic carbocycles. The zero-order valence-electron chi connectivity index (χ0n) is 17.1. The lowest BCUT2D eigenvalue weighted by atomic mass is 10.2. The van der Waals surface area contributed by atoms with Gasteiger partial charge in [-0.15, -0.1) is 0 Å². The van der Waals surface area contributed by atoms with Gasteiger partial charge in [-0.3, -0.25) is 9.59 Å². The Morgan fingerprint density at radius 3 is 2.31 bits per heavy atom. The van der Waals surface area contributed by atoms with Gasteiger partial charge in [-0.1, -0.05) is 29.8 Å². The van der Waals surface area contributed by atoms with E-state index in [0.717, 1.165) is 5.56 Å². The topological polar surface area (TPSA) is 85.2 Å². The number of aryl methyl sites for hydroxylation is 1. The van der Waals surface area contributed by atoms with Crippen LogP contribution in [0.5, 0.6) is 0 Å². The number of amides is 1. The molecule has 8 heteroatoms. The van der Waals surface area contributed by atoms with Crippen molar-refractivity contribution >= 4 is 32.3 Å². The Balaban J connectivity index is 1.78. The average Bonchev–Trinajstić information content (AvgIpc) is 2.77. The summed E-state index contributed by atoms with van der Waals surface area (Å²) in [6, 6.07) is 18.0. The minimum atomic E-state index is -4.11. The van der Waals surface area contributed by atoms with E-state index in [9.17, 15) is 22.4 Å². The lowest BCUT2D eigenvalue weighted by Crippen LogP contribution is -2.23. The molecule has 0 aliphatic rings. The molecule has 4 rings (SSSR count). The number of halogens is 1. The van der Waals surface area contributed by atoms with Crippen LogP contribution in [0.2, 0.25) is 0 Å². The molecule has 1 N–H and O–H groups in total. The molecule has 0 unspecified atom stereocenters. The number of fused-ring (bicyclic) bond motifs is 1. The molecule has 1 amide bonds. The van der Waals surface area contributed by atoms with Crippen molar-refractivity contribution in [2.45, 2.75) is 23.3 Å². The van der Waals surface area contributed by atoms with Crippen molar-refractivity contribution in [2.24, 2.45) is 0 Å². The van der Waals surface area contributed by atoms with E-state index in [0.29, 0.717) is 11.2 Å². The molecule has 0 spiro atoms. The number of carbonyl (C=O) groups excluding carboxylic acids is 1. The summed E-state index contributed by atoms with van der Waals surface area (Å²) in [6.45, 7) is 1.59. The fourth-order valence-electron chi connectivity index (χ4n) is 3.37. The maximum absolute atomic E-state index is 13.2. The number of hydrogen-bond acceptors (Lipinski definition) is 4. The minimum absolute atomic E-state index is 0.00204. The van der Waals surface area contributed by atoms with Gasteiger partial charge in [0.2, 0.25) is 21.2 Å². The molecule has 0 bridgehead atoms. The first-order chi connectivity index (χ1) is 15.3. The summed E-state index contributed by atoms with van der Waals surface area (Å²) >= 11 is 0. The molecule has 0 aliphatic carbocycles. The molecular formula is C24H19FN2O4S. The van der Waals surface area contributed by atoms with Gasteiger partial charge in [0.05, 0.1) is 10.4 Å². The van der Waals surface area contributed by atoms with Crippen molar-refractivity contribution in [1.29, 1.82) is 0 Å². The van der Waals surface area contributed by atoms with Crippen LogP contribution in [-0.4, -0.2) is 18.9 Å². The molecule has 0 saturated carbocycles. The first-order valence-corrected chi connectivity index (χ1v) is 11.2. The van der Waals surface area contributed by atoms with Gasteiger partial charge in [0.15, 0.2) is 0 Å². The molecule has 0 fully saturated rings. The molecule has 0 radical (unpaired) electrons. The zero-order valence-corrected chi connectivity index (χ0v) is 17.9. The van der Waals surface area contributed by atoms with Gasteiger partial charge in [-0.05, 0) is 55.5 Å². The van der Waals surface area contributed by atoms with Crippen molar-refractivity contribution in [3.05, 3.63) is 101 Å². The molecule has 0 aliphatic heterocycles. The SMILES string of the molecule is Cc1ccc(S(=O)(=O)c2cn(CC(=O)Nc3ccc(F)cc3)c3ccccc3c2=O)cc1. The van der Waals surface area contributed by atoms with Crippen LogP contribution < -0.4 is 10.7 Å². The molecule has 32 heavy (non-hydrogen) atoms. The van der Waals surface area contributed by atoms with Crippen LogP contribution in [0.3, 0.4) is 0 Å². The van der Waals surface area contributed by atoms with Gasteiger partial charge in [0.25, 0.3) is 0 Å². The number of nitrogens with one attached hydrogen (secondary N) is 1. The van der Waals surface area contributed by atoms with Gasteiger partial charge < -0.3 is 9.88 Å². The predicted octanol–water partition coefficient (Wildman–Crippen LogP) is 3.92. The predicted molar refractivity (Wildman–Crippen MR) is 120 cm³/mol. The normalized spacial score (nSPS) is 11.4. The van der Waals surface area contributed by atoms with E-state index < -0.39 is 31.9 Å². The summed E-state index contributed by atoms with van der Waals surface area (Å²) in [5, 5.41) is 2.83. The fraction of sp³-hybridized carbons (Fsp3) is 0.0833. The number of anilines is 1. The average molecular weight is 450 g/mol. The number of carbonyl (C=O) groups is 1. The van der Waals surface area contributed by atoms with Crippen LogP contribution in [0.25, 0.3) is 10.9 Å². The molecule has 6 nitrogen and oxygen atoms in total. The molecular weight excluding hydrogens is 431 g/mol. The highest BCUT2D eigenvalue weighted by molar-refractivity contribution is 7.91. The maximum atomic E-state index is 13.2. The van der Waals surface area contributed by atoms with Crippen LogP contribution in [0.4, 0.5) is 10.1 Å². The second kappa shape index (κ2) is 8.39. The number of sulfone groups is 1. The number of aromatic nitrogens is 1. The van der Waals surface area contributed by atoms with E-state index in [1.165, 1.54) is 53.2 Å². The molecule has 0 saturated heterocycles. The van der Waals surface area contributed by atoms with Crippen molar-refractivity contribution in [1.82, 2.24) is 4.57 Å². The Hall–Kier alpha value is -3.78. The van der Waals surface area contributed by atoms with E-state index in [2.05, 4.69) is 5.32 Å². The van der Waals surface area contributed by atoms with Crippen molar-refractivity contribution in [3.63, 3.8) is 0 Å². The van der Waals surface area contributed by atoms with Crippen molar-refractivity contribution < 1.29 is 17.6 Å². The second-order valence-corrected chi connectivity index (χ2v) is 9.26. The highest BCUT2D eigenvalue weighted by atomic mass is 32.2. The maximum Gasteiger partial charge on any atom is 0.244 e. The van der Waals surface area contributed by atoms with E-state index in [1.807, 2.05) is 6.92 Å². The molecule has 162 valence electrons. The van der Waals surface area contributed by atoms with Gasteiger partial charge in [0.1, 0.15) is 17.3 Å². The first kappa shape index (κ1) is 21.5. The number of nitrogens with zero attached hydrogens (tertiary/aromatic N) is 1. The van der Waals surface area contributed by atoms with E-state index in [1.54, 1.807) is 30.3 Å². The third kappa shape index (κ3) is 4.17. The molecule has 4 aromatic rings. The van der Waals surface area contributed by atoms with Crippen LogP contribution >= 0.6 is 0 Å². The quantitative estimate of drug-likeness (QED) is 0.499. The van der Waals surface area contributed by atoms with Crippen LogP contribution in [-0.2, 0) is 21.2 Å². The second-order valence-electron chi connectivity index (χ2n) is 7.34. The number of pyridine rings is 1. The van der Waals surface area contributed by atoms with Gasteiger partial charge >= 0.3 is 0 Å². The van der Waals surface area contributed by atoms with Crippen LogP contribution in [0.15, 0.2) is 93.6 Å². The number of hydrogen-bond donors (Lipinski definition) is 1. The Bertz CT molecular complexity index is 1480. The van der Waals surface area contributed by atoms with E-state index >= 15 is 0 Å². The lowest BCUT2D eigenvalue weighted by molar-refractivity contribution is -0.116. The highest BCUT2D eigenvalue weighted by Crippen LogP contribution is 2.22. The summed E-state index contributed by atoms with van der Waals surface area (Å²) in [7, 11) is -4.11. The molecule has 1 heterocycles. The van der Waals surface area contributed by atoms with Crippen LogP contribution in [0.1, 0.15) is 5.56 Å². The van der Waals surface area contributed by atoms with Crippen LogP contribution in [0, 0.1) is 12.7 Å². The summed E-state index contributed by atoms with van der Waals surface area (Å²) < 4.78 is 41.0. The van der Waals surface area contributed by atoms with Crippen molar-refractivity contribution in [3.8, 4) is 0 Å². The fourth-order valence-corrected chi connectivity index (χ4v) is 4.74. The molecule has 1 aromatic heterocycles. The zero-order chi connectivity index (χ0) is 22.9. The number of para-hydroxylation sites is 1. The Morgan fingerprint density at radius 1 is 0.969 bits per heavy atom. The van der Waals surface area contributed by atoms with E-state index in [-0.39, 0.29) is 16.8 Å². The summed E-state index contributed by atoms with van der Waals surface area (Å²) in [5.41, 5.74) is 1.08. The summed E-state index contributed by atoms with van der Waals surface area (Å²) in [5.74, 6) is -0.885. The van der Waals surface area contributed by atoms with Gasteiger partial charge in [0, 0.05) is 17.3 Å². The minimum Gasteiger partial charge on any atom is -0.336 e. The number of benzene rings is 3. The summed E-state index contributed by atoms with van der Waals surface area (Å²) in [6.07, 6.45) is 1.20. The summed E-state index contributed by atoms with van der Waals surface area (Å²) in [4.78, 5) is 25.2. The standard InChI is InChI=1S/C24H19FN2O4S/c1-16-6-12-19(13-7-16)32(30,31)22-14-27(21-5-3-2-4-20(21)24(22)29)15-23(28)26-18-10-8-17(25)9-11-18/h2-14H,15H2,1H3,(H,26,28). The van der Waals surface area contributed by atoms with Crippen molar-refractivity contribution in [2.75, 3.05) is 5.32 Å². The van der Waals surface area contributed by atoms with E-state index in [4.69, 9.17) is 0 Å². The third-order valence-electron chi connectivity index (χ3n) is 5.02. The first-order valence-electron chi connectivity index (χ1n) is 9.75.